The predicted octanol–water partition coefficient (Wildman–Crippen LogP) is 5.59. The molecule has 0 bridgehead atoms. The van der Waals surface area contributed by atoms with Crippen molar-refractivity contribution in [2.75, 3.05) is 44.1 Å². The minimum absolute atomic E-state index is 0.391. The minimum atomic E-state index is 0.391. The summed E-state index contributed by atoms with van der Waals surface area (Å²) in [5.41, 5.74) is 3.24. The lowest BCUT2D eigenvalue weighted by Gasteiger charge is -2.32. The van der Waals surface area contributed by atoms with Crippen molar-refractivity contribution in [3.63, 3.8) is 0 Å². The third-order valence-corrected chi connectivity index (χ3v) is 7.28. The molecule has 4 rings (SSSR count). The molecule has 1 aromatic heterocycles. The molecule has 2 fully saturated rings. The van der Waals surface area contributed by atoms with Gasteiger partial charge in [-0.05, 0) is 75.1 Å². The van der Waals surface area contributed by atoms with Gasteiger partial charge in [-0.25, -0.2) is 4.98 Å². The second kappa shape index (κ2) is 12.7. The van der Waals surface area contributed by atoms with Crippen LogP contribution in [0.15, 0.2) is 36.5 Å². The zero-order valence-electron chi connectivity index (χ0n) is 20.5. The van der Waals surface area contributed by atoms with Crippen LogP contribution in [0, 0.1) is 5.92 Å². The van der Waals surface area contributed by atoms with E-state index in [4.69, 9.17) is 21.1 Å². The van der Waals surface area contributed by atoms with E-state index >= 15 is 0 Å². The minimum Gasteiger partial charge on any atom is -0.385 e. The molecule has 1 atom stereocenters. The fourth-order valence-corrected chi connectivity index (χ4v) is 5.27. The van der Waals surface area contributed by atoms with Gasteiger partial charge in [-0.3, -0.25) is 0 Å². The maximum atomic E-state index is 6.57. The Morgan fingerprint density at radius 1 is 1.09 bits per heavy atom. The van der Waals surface area contributed by atoms with E-state index < -0.39 is 0 Å². The number of pyridine rings is 1. The Balaban J connectivity index is 1.34. The molecule has 2 heterocycles. The van der Waals surface area contributed by atoms with Gasteiger partial charge in [0, 0.05) is 62.4 Å². The van der Waals surface area contributed by atoms with E-state index in [0.717, 1.165) is 87.5 Å². The first-order valence-electron chi connectivity index (χ1n) is 12.7. The number of nitrogens with zero attached hydrogens (tertiary/aromatic N) is 1. The number of hydrogen-bond acceptors (Lipinski definition) is 6. The van der Waals surface area contributed by atoms with Crippen LogP contribution in [0.25, 0.3) is 11.1 Å². The zero-order chi connectivity index (χ0) is 23.8. The van der Waals surface area contributed by atoms with Gasteiger partial charge in [0.2, 0.25) is 0 Å². The Kier molecular flexibility index (Phi) is 9.45. The number of aromatic nitrogens is 1. The van der Waals surface area contributed by atoms with Gasteiger partial charge in [0.1, 0.15) is 5.82 Å². The molecular weight excluding hydrogens is 448 g/mol. The summed E-state index contributed by atoms with van der Waals surface area (Å²) in [4.78, 5) is 4.57. The molecule has 1 aliphatic carbocycles. The molecule has 2 aliphatic rings. The van der Waals surface area contributed by atoms with E-state index in [9.17, 15) is 0 Å². The fourth-order valence-electron chi connectivity index (χ4n) is 5.06. The topological polar surface area (TPSA) is 67.4 Å². The summed E-state index contributed by atoms with van der Waals surface area (Å²) in [6.45, 7) is 5.66. The van der Waals surface area contributed by atoms with Gasteiger partial charge >= 0.3 is 0 Å². The van der Waals surface area contributed by atoms with Crippen LogP contribution in [0.3, 0.4) is 0 Å². The van der Waals surface area contributed by atoms with Gasteiger partial charge < -0.3 is 25.4 Å². The third kappa shape index (κ3) is 7.32. The van der Waals surface area contributed by atoms with Crippen LogP contribution in [0.2, 0.25) is 5.02 Å². The number of methoxy groups -OCH3 is 1. The normalized spacial score (nSPS) is 22.3. The van der Waals surface area contributed by atoms with Crippen molar-refractivity contribution < 1.29 is 9.47 Å². The molecule has 1 aliphatic heterocycles. The Hall–Kier alpha value is -1.86. The summed E-state index contributed by atoms with van der Waals surface area (Å²) in [5.74, 6) is 1.57. The Labute approximate surface area is 209 Å². The average molecular weight is 487 g/mol. The Bertz CT molecular complexity index is 898. The maximum absolute atomic E-state index is 6.57. The quantitative estimate of drug-likeness (QED) is 0.407. The molecule has 1 saturated carbocycles. The molecule has 0 unspecified atom stereocenters. The van der Waals surface area contributed by atoms with Crippen LogP contribution in [0.4, 0.5) is 11.5 Å². The SMILES string of the molecule is COC[C@@H](C)N[C@H]1CC[C@H](Nc2cc(-c3cccc(NCC4CCOCC4)c3)c(Cl)cn2)CC1. The number of nitrogens with one attached hydrogen (secondary N) is 3. The van der Waals surface area contributed by atoms with E-state index in [0.29, 0.717) is 29.1 Å². The summed E-state index contributed by atoms with van der Waals surface area (Å²) < 4.78 is 10.7. The first kappa shape index (κ1) is 25.2. The third-order valence-electron chi connectivity index (χ3n) is 6.98. The highest BCUT2D eigenvalue weighted by atomic mass is 35.5. The predicted molar refractivity (Wildman–Crippen MR) is 141 cm³/mol. The molecule has 186 valence electrons. The summed E-state index contributed by atoms with van der Waals surface area (Å²) >= 11 is 6.57. The lowest BCUT2D eigenvalue weighted by Crippen LogP contribution is -2.42. The van der Waals surface area contributed by atoms with Crippen molar-refractivity contribution in [3.05, 3.63) is 41.6 Å². The molecule has 1 aromatic carbocycles. The van der Waals surface area contributed by atoms with E-state index in [2.05, 4.69) is 58.2 Å². The highest BCUT2D eigenvalue weighted by Gasteiger charge is 2.22. The van der Waals surface area contributed by atoms with Gasteiger partial charge in [-0.2, -0.15) is 0 Å². The summed E-state index contributed by atoms with van der Waals surface area (Å²) in [6.07, 6.45) is 8.59. The van der Waals surface area contributed by atoms with Gasteiger partial charge in [-0.1, -0.05) is 23.7 Å². The molecule has 0 radical (unpaired) electrons. The molecule has 3 N–H and O–H groups in total. The molecule has 6 nitrogen and oxygen atoms in total. The molecule has 2 aromatic rings. The zero-order valence-corrected chi connectivity index (χ0v) is 21.2. The van der Waals surface area contributed by atoms with Gasteiger partial charge in [0.15, 0.2) is 0 Å². The molecular formula is C27H39ClN4O2. The second-order valence-electron chi connectivity index (χ2n) is 9.78. The highest BCUT2D eigenvalue weighted by Crippen LogP contribution is 2.32. The van der Waals surface area contributed by atoms with Crippen LogP contribution in [0.1, 0.15) is 45.4 Å². The lowest BCUT2D eigenvalue weighted by atomic mass is 9.90. The molecule has 1 saturated heterocycles. The highest BCUT2D eigenvalue weighted by molar-refractivity contribution is 6.33. The van der Waals surface area contributed by atoms with E-state index in [1.54, 1.807) is 13.3 Å². The maximum Gasteiger partial charge on any atom is 0.126 e. The number of ether oxygens (including phenoxy) is 2. The standard InChI is InChI=1S/C27H39ClN4O2/c1-19(18-33-2)31-22-6-8-23(9-7-22)32-27-15-25(26(28)17-30-27)21-4-3-5-24(14-21)29-16-20-10-12-34-13-11-20/h3-5,14-15,17,19-20,22-23,29,31H,6-13,16,18H2,1-2H3,(H,30,32)/t19-,22-,23-/m1/s1. The molecule has 7 heteroatoms. The van der Waals surface area contributed by atoms with Gasteiger partial charge in [-0.15, -0.1) is 0 Å². The summed E-state index contributed by atoms with van der Waals surface area (Å²) in [5, 5.41) is 11.6. The Morgan fingerprint density at radius 2 is 1.85 bits per heavy atom. The van der Waals surface area contributed by atoms with Crippen LogP contribution in [-0.4, -0.2) is 56.6 Å². The van der Waals surface area contributed by atoms with E-state index in [1.165, 1.54) is 0 Å². The van der Waals surface area contributed by atoms with Crippen molar-refractivity contribution in [1.82, 2.24) is 10.3 Å². The number of halogens is 1. The second-order valence-corrected chi connectivity index (χ2v) is 10.2. The largest absolute Gasteiger partial charge is 0.385 e. The van der Waals surface area contributed by atoms with Crippen LogP contribution < -0.4 is 16.0 Å². The molecule has 0 amide bonds. The Morgan fingerprint density at radius 3 is 2.62 bits per heavy atom. The lowest BCUT2D eigenvalue weighted by molar-refractivity contribution is 0.0699. The fraction of sp³-hybridized carbons (Fsp3) is 0.593. The van der Waals surface area contributed by atoms with Crippen molar-refractivity contribution >= 4 is 23.1 Å². The van der Waals surface area contributed by atoms with Crippen molar-refractivity contribution in [2.45, 2.75) is 63.6 Å². The number of rotatable bonds is 10. The van der Waals surface area contributed by atoms with Gasteiger partial charge in [0.05, 0.1) is 11.6 Å². The average Bonchev–Trinajstić information content (AvgIpc) is 2.86. The number of anilines is 2. The first-order valence-corrected chi connectivity index (χ1v) is 13.1. The van der Waals surface area contributed by atoms with E-state index in [-0.39, 0.29) is 0 Å². The van der Waals surface area contributed by atoms with Crippen molar-refractivity contribution in [2.24, 2.45) is 5.92 Å². The summed E-state index contributed by atoms with van der Waals surface area (Å²) in [7, 11) is 1.76. The number of hydrogen-bond donors (Lipinski definition) is 3. The summed E-state index contributed by atoms with van der Waals surface area (Å²) in [6, 6.07) is 12.0. The molecule has 0 spiro atoms. The van der Waals surface area contributed by atoms with E-state index in [1.807, 2.05) is 0 Å². The smallest absolute Gasteiger partial charge is 0.126 e. The molecule has 34 heavy (non-hydrogen) atoms. The first-order chi connectivity index (χ1) is 16.6. The number of benzene rings is 1. The van der Waals surface area contributed by atoms with Crippen molar-refractivity contribution in [3.8, 4) is 11.1 Å². The monoisotopic (exact) mass is 486 g/mol. The van der Waals surface area contributed by atoms with Crippen LogP contribution in [0.5, 0.6) is 0 Å². The van der Waals surface area contributed by atoms with Crippen LogP contribution in [-0.2, 0) is 9.47 Å². The van der Waals surface area contributed by atoms with Gasteiger partial charge in [0.25, 0.3) is 0 Å². The van der Waals surface area contributed by atoms with Crippen LogP contribution >= 0.6 is 11.6 Å². The van der Waals surface area contributed by atoms with Crippen molar-refractivity contribution in [1.29, 1.82) is 0 Å².